The second-order valence-corrected chi connectivity index (χ2v) is 20.0. The van der Waals surface area contributed by atoms with Crippen molar-refractivity contribution in [1.29, 1.82) is 0 Å². The van der Waals surface area contributed by atoms with Gasteiger partial charge in [-0.2, -0.15) is 11.8 Å². The number of imidazole rings is 1. The van der Waals surface area contributed by atoms with Crippen molar-refractivity contribution in [2.75, 3.05) is 25.1 Å². The van der Waals surface area contributed by atoms with Gasteiger partial charge < -0.3 is 75.2 Å². The molecule has 27 nitrogen and oxygen atoms in total. The number of aromatic nitrogens is 6. The van der Waals surface area contributed by atoms with Crippen LogP contribution >= 0.6 is 11.8 Å². The van der Waals surface area contributed by atoms with Crippen LogP contribution in [0.25, 0.3) is 10.9 Å². The van der Waals surface area contributed by atoms with Gasteiger partial charge in [0.1, 0.15) is 42.3 Å². The maximum atomic E-state index is 15.0. The number of carboxylic acid groups (broad SMARTS) is 1. The van der Waals surface area contributed by atoms with Gasteiger partial charge in [-0.25, -0.2) is 14.5 Å². The summed E-state index contributed by atoms with van der Waals surface area (Å²) in [6.45, 7) is 0.00731. The molecular formula is C51H70N18O9S. The second kappa shape index (κ2) is 30.0. The van der Waals surface area contributed by atoms with Gasteiger partial charge in [0.15, 0.2) is 5.96 Å². The highest BCUT2D eigenvalue weighted by molar-refractivity contribution is 7.98. The van der Waals surface area contributed by atoms with Crippen molar-refractivity contribution in [3.63, 3.8) is 0 Å². The number of aromatic amines is 2. The van der Waals surface area contributed by atoms with Crippen molar-refractivity contribution < 1.29 is 43.5 Å². The predicted octanol–water partition coefficient (Wildman–Crippen LogP) is -2.49. The van der Waals surface area contributed by atoms with Gasteiger partial charge in [-0.1, -0.05) is 60.2 Å². The molecule has 2 bridgehead atoms. The number of rotatable bonds is 22. The summed E-state index contributed by atoms with van der Waals surface area (Å²) >= 11 is 1.36. The van der Waals surface area contributed by atoms with E-state index in [9.17, 15) is 43.5 Å². The van der Waals surface area contributed by atoms with Gasteiger partial charge in [-0.15, -0.1) is 5.10 Å². The quantitative estimate of drug-likeness (QED) is 0.0194. The molecule has 18 N–H and O–H groups in total. The largest absolute Gasteiger partial charge is 0.480 e. The minimum Gasteiger partial charge on any atom is -0.480 e. The minimum absolute atomic E-state index is 0.0374. The zero-order valence-electron chi connectivity index (χ0n) is 43.7. The SMILES string of the molecule is CSCC[C@H](NC(=O)[C@@H]1Cc2cn(nn2)C[C@H](NC(=O)[C@@H](N)CCCCN)C(=O)N[C@@H](Cc2c[nH]c3ccccc23)C(=O)N[C@H](Cc2ccccc2)C(=O)N[C@@H](CCCN=C(N)N)C(=O)N[C@@H](Cc2cnc[nH]2)C(=O)N1)C(=O)O. The smallest absolute Gasteiger partial charge is 0.326 e. The topological polar surface area (TPSA) is 433 Å². The monoisotopic (exact) mass is 1110 g/mol. The van der Waals surface area contributed by atoms with Gasteiger partial charge in [-0.3, -0.25) is 38.6 Å². The summed E-state index contributed by atoms with van der Waals surface area (Å²) < 4.78 is 1.21. The van der Waals surface area contributed by atoms with Gasteiger partial charge in [0.25, 0.3) is 0 Å². The van der Waals surface area contributed by atoms with E-state index in [1.807, 2.05) is 24.3 Å². The normalized spacial score (nSPS) is 20.5. The van der Waals surface area contributed by atoms with Crippen molar-refractivity contribution in [2.24, 2.45) is 27.9 Å². The third kappa shape index (κ3) is 18.4. The average Bonchev–Trinajstić information content (AvgIpc) is 4.25. The number of fused-ring (bicyclic) bond motifs is 3. The molecule has 1 aliphatic heterocycles. The van der Waals surface area contributed by atoms with Crippen LogP contribution in [0.5, 0.6) is 0 Å². The van der Waals surface area contributed by atoms with Gasteiger partial charge in [0.05, 0.1) is 24.6 Å². The number of nitrogens with two attached hydrogens (primary N) is 4. The third-order valence-corrected chi connectivity index (χ3v) is 13.6. The number of aliphatic imine (C=N–C) groups is 1. The summed E-state index contributed by atoms with van der Waals surface area (Å²) in [5, 5.41) is 38.3. The molecule has 1 aliphatic rings. The molecule has 0 radical (unpaired) electrons. The van der Waals surface area contributed by atoms with Crippen molar-refractivity contribution in [2.45, 2.75) is 119 Å². The molecule has 79 heavy (non-hydrogen) atoms. The fourth-order valence-corrected chi connectivity index (χ4v) is 9.22. The number of aliphatic carboxylic acids is 1. The number of nitrogens with one attached hydrogen (secondary N) is 9. The lowest BCUT2D eigenvalue weighted by Crippen LogP contribution is -2.61. The zero-order valence-corrected chi connectivity index (χ0v) is 44.5. The Hall–Kier alpha value is -8.37. The molecule has 6 rings (SSSR count). The first-order chi connectivity index (χ1) is 38.0. The Labute approximate surface area is 459 Å². The van der Waals surface area contributed by atoms with E-state index in [0.29, 0.717) is 42.0 Å². The maximum absolute atomic E-state index is 15.0. The Morgan fingerprint density at radius 1 is 0.823 bits per heavy atom. The molecule has 7 amide bonds. The van der Waals surface area contributed by atoms with Gasteiger partial charge >= 0.3 is 5.97 Å². The molecule has 0 fully saturated rings. The molecule has 424 valence electrons. The Bertz CT molecular complexity index is 2880. The van der Waals surface area contributed by atoms with Crippen molar-refractivity contribution in [3.05, 3.63) is 102 Å². The highest BCUT2D eigenvalue weighted by atomic mass is 32.2. The summed E-state index contributed by atoms with van der Waals surface area (Å²) in [5.41, 5.74) is 25.7. The lowest BCUT2D eigenvalue weighted by atomic mass is 10.0. The van der Waals surface area contributed by atoms with Crippen LogP contribution < -0.4 is 60.2 Å². The van der Waals surface area contributed by atoms with E-state index < -0.39 is 109 Å². The number of benzene rings is 2. The minimum atomic E-state index is -1.55. The first kappa shape index (κ1) is 59.9. The highest BCUT2D eigenvalue weighted by Gasteiger charge is 2.36. The van der Waals surface area contributed by atoms with E-state index in [-0.39, 0.29) is 63.1 Å². The molecule has 0 saturated heterocycles. The number of unbranched alkanes of at least 4 members (excludes halogenated alkanes) is 1. The highest BCUT2D eigenvalue weighted by Crippen LogP contribution is 2.20. The Morgan fingerprint density at radius 3 is 2.19 bits per heavy atom. The van der Waals surface area contributed by atoms with E-state index in [2.05, 4.69) is 67.5 Å². The van der Waals surface area contributed by atoms with Crippen LogP contribution in [0.15, 0.2) is 84.5 Å². The van der Waals surface area contributed by atoms with Gasteiger partial charge in [0.2, 0.25) is 41.4 Å². The molecule has 0 aliphatic carbocycles. The number of thioether (sulfide) groups is 1. The number of para-hydroxylation sites is 1. The summed E-state index contributed by atoms with van der Waals surface area (Å²) in [4.78, 5) is 128. The molecule has 0 unspecified atom stereocenters. The van der Waals surface area contributed by atoms with E-state index in [1.165, 1.54) is 35.2 Å². The molecule has 2 aromatic carbocycles. The van der Waals surface area contributed by atoms with Crippen molar-refractivity contribution in [3.8, 4) is 0 Å². The molecule has 3 aromatic heterocycles. The summed E-state index contributed by atoms with van der Waals surface area (Å²) in [7, 11) is 0. The fourth-order valence-electron chi connectivity index (χ4n) is 8.75. The van der Waals surface area contributed by atoms with E-state index in [1.54, 1.807) is 42.8 Å². The molecule has 4 heterocycles. The Kier molecular flexibility index (Phi) is 22.7. The Morgan fingerprint density at radius 2 is 1.49 bits per heavy atom. The van der Waals surface area contributed by atoms with Gasteiger partial charge in [0, 0.05) is 67.4 Å². The first-order valence-corrected chi connectivity index (χ1v) is 27.2. The van der Waals surface area contributed by atoms with E-state index in [4.69, 9.17) is 22.9 Å². The van der Waals surface area contributed by atoms with Crippen LogP contribution in [0.1, 0.15) is 61.0 Å². The third-order valence-electron chi connectivity index (χ3n) is 13.0. The average molecular weight is 1110 g/mol. The van der Waals surface area contributed by atoms with Gasteiger partial charge in [-0.05, 0) is 67.9 Å². The number of H-pyrrole nitrogens is 2. The zero-order chi connectivity index (χ0) is 56.8. The van der Waals surface area contributed by atoms with Crippen LogP contribution in [0.2, 0.25) is 0 Å². The Balaban J connectivity index is 1.46. The second-order valence-electron chi connectivity index (χ2n) is 19.1. The number of hydrogen-bond acceptors (Lipinski definition) is 15. The lowest BCUT2D eigenvalue weighted by Gasteiger charge is -2.28. The lowest BCUT2D eigenvalue weighted by molar-refractivity contribution is -0.142. The summed E-state index contributed by atoms with van der Waals surface area (Å²) in [6, 6.07) is 4.91. The first-order valence-electron chi connectivity index (χ1n) is 25.8. The van der Waals surface area contributed by atoms with E-state index in [0.717, 1.165) is 10.9 Å². The van der Waals surface area contributed by atoms with Crippen LogP contribution in [-0.2, 0) is 70.6 Å². The number of carbonyl (C=O) groups excluding carboxylic acids is 7. The van der Waals surface area contributed by atoms with Crippen molar-refractivity contribution >= 4 is 75.9 Å². The molecule has 28 heteroatoms. The van der Waals surface area contributed by atoms with Crippen molar-refractivity contribution in [1.82, 2.24) is 67.2 Å². The molecule has 0 spiro atoms. The molecule has 8 atom stereocenters. The number of carbonyl (C=O) groups is 8. The van der Waals surface area contributed by atoms with Crippen LogP contribution in [0.4, 0.5) is 0 Å². The van der Waals surface area contributed by atoms with E-state index >= 15 is 0 Å². The van der Waals surface area contributed by atoms with Crippen LogP contribution in [0, 0.1) is 0 Å². The number of guanidine groups is 1. The molecular weight excluding hydrogens is 1040 g/mol. The predicted molar refractivity (Wildman–Crippen MR) is 293 cm³/mol. The molecule has 5 aromatic rings. The number of carboxylic acids is 1. The number of amides is 7. The summed E-state index contributed by atoms with van der Waals surface area (Å²) in [6.07, 6.45) is 8.22. The molecule has 0 saturated carbocycles. The van der Waals surface area contributed by atoms with Crippen LogP contribution in [0.3, 0.4) is 0 Å². The number of hydrogen-bond donors (Lipinski definition) is 14. The maximum Gasteiger partial charge on any atom is 0.326 e. The van der Waals surface area contributed by atoms with Crippen LogP contribution in [-0.4, -0.2) is 162 Å². The standard InChI is InChI=1S/C51H70N18O9S/c1-79-19-16-37(50(77)78)61-47(74)41-23-32-26-69(68-67-32)27-42(66-43(70)34(53)13-7-8-17-52)49(76)63-39(21-30-24-58-35-14-6-5-12-33(30)35)46(73)62-38(20-29-10-3-2-4-11-29)45(72)60-36(15-9-18-57-51(54)55)44(71)64-40(48(75)65-41)22-31-25-56-28-59-31/h2-6,10-12,14,24-26,28,34,36-42,58H,7-9,13,15-23,27,52-53H2,1H3,(H,56,59)(H,60,72)(H,61,74)(H,62,73)(H,63,76)(H,64,71)(H,65,75)(H,66,70)(H,77,78)(H4,54,55,57)/t34-,36-,37-,38+,39-,40-,41-,42-/m0/s1. The fraction of sp³-hybridized carbons (Fsp3) is 0.451. The number of nitrogens with zero attached hydrogens (tertiary/aromatic N) is 5. The summed E-state index contributed by atoms with van der Waals surface area (Å²) in [5.74, 6) is -7.02.